The van der Waals surface area contributed by atoms with Crippen LogP contribution in [0.1, 0.15) is 64.2 Å². The fourth-order valence-electron chi connectivity index (χ4n) is 4.69. The highest BCUT2D eigenvalue weighted by atomic mass is 16.4. The summed E-state index contributed by atoms with van der Waals surface area (Å²) < 4.78 is 0. The predicted molar refractivity (Wildman–Crippen MR) is 75.0 cm³/mol. The molecule has 0 amide bonds. The number of carbonyl (C=O) groups is 1. The SMILES string of the molecule is O=C(O)C1CCC(NC2CCC3CCCC3C2)CC1. The highest BCUT2D eigenvalue weighted by Gasteiger charge is 2.35. The fourth-order valence-corrected chi connectivity index (χ4v) is 4.69. The first-order valence-electron chi connectivity index (χ1n) is 8.21. The quantitative estimate of drug-likeness (QED) is 0.824. The third kappa shape index (κ3) is 3.13. The summed E-state index contributed by atoms with van der Waals surface area (Å²) in [4.78, 5) is 11.0. The van der Waals surface area contributed by atoms with Crippen molar-refractivity contribution in [1.82, 2.24) is 5.32 Å². The molecule has 3 nitrogen and oxygen atoms in total. The van der Waals surface area contributed by atoms with Crippen molar-refractivity contribution in [2.75, 3.05) is 0 Å². The average Bonchev–Trinajstić information content (AvgIpc) is 2.87. The Balaban J connectivity index is 1.44. The van der Waals surface area contributed by atoms with Crippen molar-refractivity contribution < 1.29 is 9.90 Å². The van der Waals surface area contributed by atoms with Gasteiger partial charge in [-0.3, -0.25) is 4.79 Å². The lowest BCUT2D eigenvalue weighted by Gasteiger charge is -2.36. The molecule has 3 heteroatoms. The second-order valence-electron chi connectivity index (χ2n) is 7.01. The van der Waals surface area contributed by atoms with Gasteiger partial charge in [-0.05, 0) is 56.8 Å². The van der Waals surface area contributed by atoms with Crippen molar-refractivity contribution in [3.8, 4) is 0 Å². The van der Waals surface area contributed by atoms with Gasteiger partial charge in [0.2, 0.25) is 0 Å². The van der Waals surface area contributed by atoms with Gasteiger partial charge in [-0.1, -0.05) is 19.3 Å². The summed E-state index contributed by atoms with van der Waals surface area (Å²) in [5.74, 6) is 1.34. The molecule has 108 valence electrons. The Bertz CT molecular complexity index is 323. The molecule has 0 heterocycles. The number of fused-ring (bicyclic) bond motifs is 1. The summed E-state index contributed by atoms with van der Waals surface area (Å²) in [6.45, 7) is 0. The molecule has 3 unspecified atom stereocenters. The minimum atomic E-state index is -0.593. The number of aliphatic carboxylic acids is 1. The van der Waals surface area contributed by atoms with Gasteiger partial charge in [0.15, 0.2) is 0 Å². The van der Waals surface area contributed by atoms with Crippen molar-refractivity contribution in [2.24, 2.45) is 17.8 Å². The molecule has 0 spiro atoms. The molecule has 0 bridgehead atoms. The molecule has 0 saturated heterocycles. The first-order chi connectivity index (χ1) is 9.22. The van der Waals surface area contributed by atoms with Crippen LogP contribution in [0.15, 0.2) is 0 Å². The molecule has 0 aromatic carbocycles. The molecule has 3 fully saturated rings. The zero-order chi connectivity index (χ0) is 13.2. The Labute approximate surface area is 116 Å². The Hall–Kier alpha value is -0.570. The van der Waals surface area contributed by atoms with E-state index in [1.54, 1.807) is 0 Å². The third-order valence-electron chi connectivity index (χ3n) is 5.84. The topological polar surface area (TPSA) is 49.3 Å². The van der Waals surface area contributed by atoms with Crippen LogP contribution in [0, 0.1) is 17.8 Å². The van der Waals surface area contributed by atoms with Crippen LogP contribution in [0.4, 0.5) is 0 Å². The molecule has 0 aromatic rings. The van der Waals surface area contributed by atoms with Gasteiger partial charge in [-0.25, -0.2) is 0 Å². The molecule has 3 aliphatic carbocycles. The lowest BCUT2D eigenvalue weighted by atomic mass is 9.78. The summed E-state index contributed by atoms with van der Waals surface area (Å²) in [6, 6.07) is 1.30. The molecule has 3 aliphatic rings. The maximum absolute atomic E-state index is 11.0. The second kappa shape index (κ2) is 5.82. The molecule has 3 saturated carbocycles. The number of carboxylic acids is 1. The van der Waals surface area contributed by atoms with Crippen LogP contribution >= 0.6 is 0 Å². The predicted octanol–water partition coefficient (Wildman–Crippen LogP) is 3.19. The first kappa shape index (κ1) is 13.4. The average molecular weight is 265 g/mol. The van der Waals surface area contributed by atoms with Crippen LogP contribution in [0.25, 0.3) is 0 Å². The van der Waals surface area contributed by atoms with Gasteiger partial charge in [0.1, 0.15) is 0 Å². The fraction of sp³-hybridized carbons (Fsp3) is 0.938. The van der Waals surface area contributed by atoms with Crippen LogP contribution in [0.3, 0.4) is 0 Å². The second-order valence-corrected chi connectivity index (χ2v) is 7.01. The maximum Gasteiger partial charge on any atom is 0.306 e. The standard InChI is InChI=1S/C16H27NO2/c18-16(19)12-5-7-14(8-6-12)17-15-9-4-11-2-1-3-13(11)10-15/h11-15,17H,1-10H2,(H,18,19). The van der Waals surface area contributed by atoms with E-state index in [0.717, 1.165) is 37.5 Å². The number of hydrogen-bond donors (Lipinski definition) is 2. The lowest BCUT2D eigenvalue weighted by molar-refractivity contribution is -0.142. The van der Waals surface area contributed by atoms with E-state index in [9.17, 15) is 4.79 Å². The molecule has 3 rings (SSSR count). The van der Waals surface area contributed by atoms with Crippen LogP contribution in [0.5, 0.6) is 0 Å². The zero-order valence-electron chi connectivity index (χ0n) is 11.8. The van der Waals surface area contributed by atoms with Crippen LogP contribution in [-0.4, -0.2) is 23.2 Å². The van der Waals surface area contributed by atoms with Gasteiger partial charge in [0.25, 0.3) is 0 Å². The molecular formula is C16H27NO2. The van der Waals surface area contributed by atoms with Gasteiger partial charge >= 0.3 is 5.97 Å². The summed E-state index contributed by atoms with van der Waals surface area (Å²) >= 11 is 0. The van der Waals surface area contributed by atoms with Crippen molar-refractivity contribution in [1.29, 1.82) is 0 Å². The van der Waals surface area contributed by atoms with Gasteiger partial charge in [0.05, 0.1) is 5.92 Å². The minimum absolute atomic E-state index is 0.0800. The summed E-state index contributed by atoms with van der Waals surface area (Å²) in [5, 5.41) is 12.9. The van der Waals surface area contributed by atoms with Gasteiger partial charge in [0, 0.05) is 12.1 Å². The van der Waals surface area contributed by atoms with Crippen LogP contribution in [-0.2, 0) is 4.79 Å². The Morgan fingerprint density at radius 3 is 2.26 bits per heavy atom. The van der Waals surface area contributed by atoms with Crippen molar-refractivity contribution in [3.05, 3.63) is 0 Å². The number of rotatable bonds is 3. The third-order valence-corrected chi connectivity index (χ3v) is 5.84. The first-order valence-corrected chi connectivity index (χ1v) is 8.21. The molecular weight excluding hydrogens is 238 g/mol. The lowest BCUT2D eigenvalue weighted by Crippen LogP contribution is -2.44. The van der Waals surface area contributed by atoms with E-state index in [0.29, 0.717) is 12.1 Å². The zero-order valence-corrected chi connectivity index (χ0v) is 11.8. The highest BCUT2D eigenvalue weighted by Crippen LogP contribution is 2.42. The molecule has 3 atom stereocenters. The Morgan fingerprint density at radius 1 is 0.842 bits per heavy atom. The largest absolute Gasteiger partial charge is 0.481 e. The van der Waals surface area contributed by atoms with E-state index < -0.39 is 5.97 Å². The normalized spacial score (nSPS) is 42.8. The molecule has 0 aliphatic heterocycles. The Kier molecular flexibility index (Phi) is 4.11. The highest BCUT2D eigenvalue weighted by molar-refractivity contribution is 5.70. The molecule has 2 N–H and O–H groups in total. The molecule has 19 heavy (non-hydrogen) atoms. The van der Waals surface area contributed by atoms with Gasteiger partial charge in [-0.2, -0.15) is 0 Å². The number of nitrogens with one attached hydrogen (secondary N) is 1. The minimum Gasteiger partial charge on any atom is -0.481 e. The summed E-state index contributed by atoms with van der Waals surface area (Å²) in [5.41, 5.74) is 0. The summed E-state index contributed by atoms with van der Waals surface area (Å²) in [7, 11) is 0. The van der Waals surface area contributed by atoms with Gasteiger partial charge in [-0.15, -0.1) is 0 Å². The monoisotopic (exact) mass is 265 g/mol. The van der Waals surface area contributed by atoms with Crippen molar-refractivity contribution in [2.45, 2.75) is 76.3 Å². The van der Waals surface area contributed by atoms with E-state index in [-0.39, 0.29) is 5.92 Å². The van der Waals surface area contributed by atoms with Crippen molar-refractivity contribution in [3.63, 3.8) is 0 Å². The van der Waals surface area contributed by atoms with E-state index in [2.05, 4.69) is 5.32 Å². The number of hydrogen-bond acceptors (Lipinski definition) is 2. The van der Waals surface area contributed by atoms with Gasteiger partial charge < -0.3 is 10.4 Å². The van der Waals surface area contributed by atoms with Crippen molar-refractivity contribution >= 4 is 5.97 Å². The van der Waals surface area contributed by atoms with E-state index in [4.69, 9.17) is 5.11 Å². The Morgan fingerprint density at radius 2 is 1.53 bits per heavy atom. The molecule has 0 aromatic heterocycles. The maximum atomic E-state index is 11.0. The number of carboxylic acid groups (broad SMARTS) is 1. The van der Waals surface area contributed by atoms with Crippen LogP contribution in [0.2, 0.25) is 0 Å². The van der Waals surface area contributed by atoms with E-state index >= 15 is 0 Å². The summed E-state index contributed by atoms with van der Waals surface area (Å²) in [6.07, 6.45) is 12.4. The van der Waals surface area contributed by atoms with E-state index in [1.165, 1.54) is 38.5 Å². The van der Waals surface area contributed by atoms with E-state index in [1.807, 2.05) is 0 Å². The molecule has 0 radical (unpaired) electrons. The smallest absolute Gasteiger partial charge is 0.306 e. The van der Waals surface area contributed by atoms with Crippen LogP contribution < -0.4 is 5.32 Å².